The predicted molar refractivity (Wildman–Crippen MR) is 205 cm³/mol. The van der Waals surface area contributed by atoms with Crippen LogP contribution in [0.4, 0.5) is 0 Å². The van der Waals surface area contributed by atoms with Gasteiger partial charge in [0.2, 0.25) is 5.89 Å². The molecular formula is C44H26N4OS. The Kier molecular flexibility index (Phi) is 6.60. The van der Waals surface area contributed by atoms with Crippen molar-refractivity contribution in [2.24, 2.45) is 0 Å². The fraction of sp³-hybridized carbons (Fsp3) is 0. The second kappa shape index (κ2) is 11.6. The molecule has 0 aliphatic rings. The SMILES string of the molecule is c1ccc(-c2ccc(-c3nc(-c4ccccc4)nc(-c4cc5sc6ccccc6c5c5c4ccc4nc(-c6ccccc6)oc45)n3)cc2)cc1. The van der Waals surface area contributed by atoms with Crippen LogP contribution in [-0.2, 0) is 0 Å². The number of nitrogens with zero attached hydrogens (tertiary/aromatic N) is 4. The summed E-state index contributed by atoms with van der Waals surface area (Å²) in [5.41, 5.74) is 7.57. The van der Waals surface area contributed by atoms with E-state index in [0.717, 1.165) is 65.3 Å². The predicted octanol–water partition coefficient (Wildman–Crippen LogP) is 11.9. The average Bonchev–Trinajstić information content (AvgIpc) is 3.81. The van der Waals surface area contributed by atoms with E-state index in [0.29, 0.717) is 23.4 Å². The van der Waals surface area contributed by atoms with Crippen LogP contribution in [0.1, 0.15) is 0 Å². The lowest BCUT2D eigenvalue weighted by molar-refractivity contribution is 0.623. The third-order valence-electron chi connectivity index (χ3n) is 9.18. The largest absolute Gasteiger partial charge is 0.435 e. The zero-order chi connectivity index (χ0) is 33.0. The van der Waals surface area contributed by atoms with Crippen molar-refractivity contribution in [3.8, 4) is 56.7 Å². The maximum Gasteiger partial charge on any atom is 0.227 e. The van der Waals surface area contributed by atoms with Crippen molar-refractivity contribution in [3.63, 3.8) is 0 Å². The molecule has 0 radical (unpaired) electrons. The molecule has 0 aliphatic heterocycles. The first-order chi connectivity index (χ1) is 24.8. The van der Waals surface area contributed by atoms with E-state index in [1.165, 1.54) is 10.1 Å². The Labute approximate surface area is 291 Å². The highest BCUT2D eigenvalue weighted by atomic mass is 32.1. The summed E-state index contributed by atoms with van der Waals surface area (Å²) in [6.45, 7) is 0. The molecule has 10 rings (SSSR count). The minimum atomic E-state index is 0.596. The number of thiophene rings is 1. The highest BCUT2D eigenvalue weighted by Gasteiger charge is 2.22. The van der Waals surface area contributed by atoms with Crippen LogP contribution in [0.5, 0.6) is 0 Å². The van der Waals surface area contributed by atoms with Crippen molar-refractivity contribution in [1.29, 1.82) is 0 Å². The fourth-order valence-corrected chi connectivity index (χ4v) is 7.93. The number of oxazole rings is 1. The van der Waals surface area contributed by atoms with Crippen molar-refractivity contribution in [3.05, 3.63) is 158 Å². The molecule has 7 aromatic carbocycles. The Balaban J connectivity index is 1.24. The molecule has 0 amide bonds. The molecule has 0 saturated carbocycles. The third kappa shape index (κ3) is 4.77. The summed E-state index contributed by atoms with van der Waals surface area (Å²) in [7, 11) is 0. The van der Waals surface area contributed by atoms with E-state index in [1.54, 1.807) is 11.3 Å². The molecule has 0 spiro atoms. The van der Waals surface area contributed by atoms with Gasteiger partial charge in [0, 0.05) is 47.8 Å². The van der Waals surface area contributed by atoms with Crippen LogP contribution in [-0.4, -0.2) is 19.9 Å². The van der Waals surface area contributed by atoms with Gasteiger partial charge in [-0.1, -0.05) is 127 Å². The highest BCUT2D eigenvalue weighted by molar-refractivity contribution is 7.26. The van der Waals surface area contributed by atoms with Crippen molar-refractivity contribution in [2.75, 3.05) is 0 Å². The number of fused-ring (bicyclic) bond motifs is 7. The molecule has 5 nitrogen and oxygen atoms in total. The molecule has 3 heterocycles. The highest BCUT2D eigenvalue weighted by Crippen LogP contribution is 2.45. The topological polar surface area (TPSA) is 64.7 Å². The summed E-state index contributed by atoms with van der Waals surface area (Å²) in [6.07, 6.45) is 0. The van der Waals surface area contributed by atoms with E-state index in [4.69, 9.17) is 24.4 Å². The summed E-state index contributed by atoms with van der Waals surface area (Å²) in [6, 6.07) is 53.9. The molecule has 234 valence electrons. The first-order valence-corrected chi connectivity index (χ1v) is 17.3. The van der Waals surface area contributed by atoms with Gasteiger partial charge in [-0.15, -0.1) is 11.3 Å². The van der Waals surface area contributed by atoms with Crippen LogP contribution >= 0.6 is 11.3 Å². The van der Waals surface area contributed by atoms with Gasteiger partial charge in [0.25, 0.3) is 0 Å². The van der Waals surface area contributed by atoms with Crippen LogP contribution in [0.3, 0.4) is 0 Å². The summed E-state index contributed by atoms with van der Waals surface area (Å²) in [5, 5.41) is 4.35. The lowest BCUT2D eigenvalue weighted by Crippen LogP contribution is -2.00. The Hall–Kier alpha value is -6.50. The minimum Gasteiger partial charge on any atom is -0.435 e. The molecule has 3 aromatic heterocycles. The summed E-state index contributed by atoms with van der Waals surface area (Å²) >= 11 is 1.76. The maximum atomic E-state index is 6.66. The minimum absolute atomic E-state index is 0.596. The number of rotatable bonds is 5. The van der Waals surface area contributed by atoms with Crippen molar-refractivity contribution < 1.29 is 4.42 Å². The number of aromatic nitrogens is 4. The van der Waals surface area contributed by atoms with Gasteiger partial charge in [0.05, 0.1) is 0 Å². The van der Waals surface area contributed by atoms with Gasteiger partial charge in [-0.3, -0.25) is 0 Å². The van der Waals surface area contributed by atoms with E-state index in [1.807, 2.05) is 72.8 Å². The van der Waals surface area contributed by atoms with Gasteiger partial charge in [-0.25, -0.2) is 19.9 Å². The van der Waals surface area contributed by atoms with Gasteiger partial charge < -0.3 is 4.42 Å². The molecule has 0 atom stereocenters. The molecule has 0 unspecified atom stereocenters. The normalized spacial score (nSPS) is 11.6. The van der Waals surface area contributed by atoms with Crippen LogP contribution in [0.15, 0.2) is 162 Å². The maximum absolute atomic E-state index is 6.66. The standard InChI is InChI=1S/C44H26N4OS/c1-4-12-27(13-5-1)28-20-22-30(23-21-28)42-46-41(29-14-6-2-7-15-29)47-43(48-42)34-26-37-38(33-18-10-11-19-36(33)50-37)39-32(34)24-25-35-40(39)49-44(45-35)31-16-8-3-9-17-31/h1-26H. The first-order valence-electron chi connectivity index (χ1n) is 16.5. The summed E-state index contributed by atoms with van der Waals surface area (Å²) < 4.78 is 9.00. The average molecular weight is 659 g/mol. The lowest BCUT2D eigenvalue weighted by Gasteiger charge is -2.12. The Morgan fingerprint density at radius 3 is 1.68 bits per heavy atom. The van der Waals surface area contributed by atoms with Crippen LogP contribution in [0.2, 0.25) is 0 Å². The Morgan fingerprint density at radius 2 is 0.960 bits per heavy atom. The molecule has 50 heavy (non-hydrogen) atoms. The van der Waals surface area contributed by atoms with E-state index < -0.39 is 0 Å². The van der Waals surface area contributed by atoms with Crippen molar-refractivity contribution >= 4 is 53.4 Å². The molecule has 0 N–H and O–H groups in total. The zero-order valence-electron chi connectivity index (χ0n) is 26.6. The van der Waals surface area contributed by atoms with E-state index in [9.17, 15) is 0 Å². The van der Waals surface area contributed by atoms with E-state index >= 15 is 0 Å². The quantitative estimate of drug-likeness (QED) is 0.184. The van der Waals surface area contributed by atoms with Crippen LogP contribution < -0.4 is 0 Å². The number of hydrogen-bond donors (Lipinski definition) is 0. The molecule has 0 bridgehead atoms. The van der Waals surface area contributed by atoms with Crippen LogP contribution in [0.25, 0.3) is 98.8 Å². The molecule has 0 aliphatic carbocycles. The van der Waals surface area contributed by atoms with Gasteiger partial charge in [-0.2, -0.15) is 0 Å². The Bertz CT molecular complexity index is 2850. The lowest BCUT2D eigenvalue weighted by atomic mass is 9.97. The fourth-order valence-electron chi connectivity index (χ4n) is 6.77. The summed E-state index contributed by atoms with van der Waals surface area (Å²) in [5.74, 6) is 2.44. The first kappa shape index (κ1) is 28.5. The van der Waals surface area contributed by atoms with Crippen molar-refractivity contribution in [2.45, 2.75) is 0 Å². The second-order valence-corrected chi connectivity index (χ2v) is 13.3. The molecular weight excluding hydrogens is 633 g/mol. The number of hydrogen-bond acceptors (Lipinski definition) is 6. The summed E-state index contributed by atoms with van der Waals surface area (Å²) in [4.78, 5) is 20.3. The molecule has 0 fully saturated rings. The second-order valence-electron chi connectivity index (χ2n) is 12.2. The van der Waals surface area contributed by atoms with E-state index in [2.05, 4.69) is 84.9 Å². The molecule has 0 saturated heterocycles. The smallest absolute Gasteiger partial charge is 0.227 e. The van der Waals surface area contributed by atoms with Crippen LogP contribution in [0, 0.1) is 0 Å². The Morgan fingerprint density at radius 1 is 0.400 bits per heavy atom. The van der Waals surface area contributed by atoms with Gasteiger partial charge in [0.15, 0.2) is 23.1 Å². The van der Waals surface area contributed by atoms with Crippen molar-refractivity contribution in [1.82, 2.24) is 19.9 Å². The van der Waals surface area contributed by atoms with Gasteiger partial charge >= 0.3 is 0 Å². The monoisotopic (exact) mass is 658 g/mol. The molecule has 10 aromatic rings. The number of benzene rings is 7. The zero-order valence-corrected chi connectivity index (χ0v) is 27.4. The van der Waals surface area contributed by atoms with Gasteiger partial charge in [0.1, 0.15) is 5.52 Å². The third-order valence-corrected chi connectivity index (χ3v) is 10.3. The molecule has 6 heteroatoms. The van der Waals surface area contributed by atoms with E-state index in [-0.39, 0.29) is 0 Å². The van der Waals surface area contributed by atoms with Gasteiger partial charge in [-0.05, 0) is 46.8 Å².